The van der Waals surface area contributed by atoms with E-state index in [2.05, 4.69) is 0 Å². The van der Waals surface area contributed by atoms with E-state index in [0.29, 0.717) is 0 Å². The van der Waals surface area contributed by atoms with Crippen LogP contribution in [0.25, 0.3) is 0 Å². The van der Waals surface area contributed by atoms with Gasteiger partial charge in [0.1, 0.15) is 0 Å². The molecule has 92 valence electrons. The van der Waals surface area contributed by atoms with Crippen LogP contribution in [0.4, 0.5) is 14.5 Å². The number of Topliss-reactive ketones (excluding diaryl/α,β-unsaturated/α-hetero) is 1. The van der Waals surface area contributed by atoms with Crippen molar-refractivity contribution in [2.45, 2.75) is 26.7 Å². The van der Waals surface area contributed by atoms with Gasteiger partial charge in [-0.1, -0.05) is 6.92 Å². The predicted octanol–water partition coefficient (Wildman–Crippen LogP) is 3.30. The zero-order valence-corrected chi connectivity index (χ0v) is 9.37. The number of carbonyl (C=O) groups is 1. The van der Waals surface area contributed by atoms with Gasteiger partial charge in [0.25, 0.3) is 12.1 Å². The number of halogens is 2. The maximum absolute atomic E-state index is 12.8. The number of carbonyl (C=O) groups excluding carboxylic acids is 1. The molecule has 0 heterocycles. The number of ketones is 1. The Morgan fingerprint density at radius 3 is 2.41 bits per heavy atom. The normalized spacial score (nSPS) is 10.6. The van der Waals surface area contributed by atoms with E-state index in [0.717, 1.165) is 6.07 Å². The summed E-state index contributed by atoms with van der Waals surface area (Å²) < 4.78 is 25.5. The summed E-state index contributed by atoms with van der Waals surface area (Å²) in [7, 11) is 0. The zero-order chi connectivity index (χ0) is 13.2. The first kappa shape index (κ1) is 13.2. The first-order valence-electron chi connectivity index (χ1n) is 4.98. The summed E-state index contributed by atoms with van der Waals surface area (Å²) in [5.74, 6) is -0.507. The fourth-order valence-corrected chi connectivity index (χ4v) is 1.69. The molecule has 0 spiro atoms. The van der Waals surface area contributed by atoms with E-state index in [1.54, 1.807) is 6.92 Å². The minimum atomic E-state index is -2.90. The lowest BCUT2D eigenvalue weighted by atomic mass is 9.95. The van der Waals surface area contributed by atoms with Crippen LogP contribution in [0.2, 0.25) is 0 Å². The largest absolute Gasteiger partial charge is 0.294 e. The summed E-state index contributed by atoms with van der Waals surface area (Å²) in [6.45, 7) is 2.83. The number of non-ortho nitro benzene ring substituents is 1. The number of nitrogens with zero attached hydrogens (tertiary/aromatic N) is 1. The number of nitro benzene ring substituents is 1. The first-order valence-corrected chi connectivity index (χ1v) is 4.98. The molecule has 1 aromatic rings. The number of benzene rings is 1. The number of nitro groups is 1. The summed E-state index contributed by atoms with van der Waals surface area (Å²) in [6, 6.07) is 1.93. The topological polar surface area (TPSA) is 60.2 Å². The van der Waals surface area contributed by atoms with Crippen molar-refractivity contribution < 1.29 is 18.5 Å². The second-order valence-electron chi connectivity index (χ2n) is 3.54. The fourth-order valence-electron chi connectivity index (χ4n) is 1.69. The van der Waals surface area contributed by atoms with E-state index in [-0.39, 0.29) is 17.5 Å². The van der Waals surface area contributed by atoms with Gasteiger partial charge in [-0.05, 0) is 18.9 Å². The van der Waals surface area contributed by atoms with Crippen molar-refractivity contribution in [1.82, 2.24) is 0 Å². The maximum atomic E-state index is 12.8. The highest BCUT2D eigenvalue weighted by Gasteiger charge is 2.23. The third-order valence-corrected chi connectivity index (χ3v) is 2.41. The SMILES string of the molecule is CCc1cc([N+](=O)[O-])cc(C(F)F)c1C(C)=O. The van der Waals surface area contributed by atoms with Gasteiger partial charge < -0.3 is 0 Å². The molecule has 0 aliphatic heterocycles. The molecule has 1 aromatic carbocycles. The highest BCUT2D eigenvalue weighted by atomic mass is 19.3. The van der Waals surface area contributed by atoms with Crippen molar-refractivity contribution >= 4 is 11.5 Å². The van der Waals surface area contributed by atoms with Crippen molar-refractivity contribution in [1.29, 1.82) is 0 Å². The second kappa shape index (κ2) is 4.99. The van der Waals surface area contributed by atoms with Gasteiger partial charge in [0, 0.05) is 23.3 Å². The third kappa shape index (κ3) is 2.64. The van der Waals surface area contributed by atoms with Crippen LogP contribution in [0.1, 0.15) is 41.8 Å². The maximum Gasteiger partial charge on any atom is 0.270 e. The molecule has 17 heavy (non-hydrogen) atoms. The summed E-state index contributed by atoms with van der Waals surface area (Å²) in [6.07, 6.45) is -2.62. The standard InChI is InChI=1S/C11H11F2NO3/c1-3-7-4-8(14(16)17)5-9(11(12)13)10(7)6(2)15/h4-5,11H,3H2,1-2H3. The molecule has 0 unspecified atom stereocenters. The van der Waals surface area contributed by atoms with Crippen LogP contribution in [-0.4, -0.2) is 10.7 Å². The van der Waals surface area contributed by atoms with E-state index in [1.165, 1.54) is 13.0 Å². The fraction of sp³-hybridized carbons (Fsp3) is 0.364. The van der Waals surface area contributed by atoms with Crippen LogP contribution in [0.3, 0.4) is 0 Å². The lowest BCUT2D eigenvalue weighted by molar-refractivity contribution is -0.385. The first-order chi connectivity index (χ1) is 7.88. The van der Waals surface area contributed by atoms with Crippen molar-refractivity contribution in [3.63, 3.8) is 0 Å². The molecule has 4 nitrogen and oxygen atoms in total. The Hall–Kier alpha value is -1.85. The number of alkyl halides is 2. The van der Waals surface area contributed by atoms with E-state index in [1.807, 2.05) is 0 Å². The van der Waals surface area contributed by atoms with Gasteiger partial charge in [0.2, 0.25) is 0 Å². The molecular formula is C11H11F2NO3. The molecule has 0 radical (unpaired) electrons. The van der Waals surface area contributed by atoms with E-state index in [9.17, 15) is 23.7 Å². The van der Waals surface area contributed by atoms with Crippen molar-refractivity contribution in [2.75, 3.05) is 0 Å². The van der Waals surface area contributed by atoms with Crippen LogP contribution < -0.4 is 0 Å². The summed E-state index contributed by atoms with van der Waals surface area (Å²) in [4.78, 5) is 21.2. The molecule has 0 amide bonds. The summed E-state index contributed by atoms with van der Waals surface area (Å²) in [5, 5.41) is 10.6. The molecule has 0 aliphatic rings. The lowest BCUT2D eigenvalue weighted by Crippen LogP contribution is -2.06. The molecular weight excluding hydrogens is 232 g/mol. The van der Waals surface area contributed by atoms with E-state index in [4.69, 9.17) is 0 Å². The Labute approximate surface area is 96.4 Å². The molecule has 0 saturated heterocycles. The Morgan fingerprint density at radius 2 is 2.06 bits per heavy atom. The molecule has 0 N–H and O–H groups in total. The second-order valence-corrected chi connectivity index (χ2v) is 3.54. The molecule has 0 bridgehead atoms. The monoisotopic (exact) mass is 243 g/mol. The molecule has 6 heteroatoms. The predicted molar refractivity (Wildman–Crippen MR) is 57.4 cm³/mol. The van der Waals surface area contributed by atoms with Crippen LogP contribution in [-0.2, 0) is 6.42 Å². The van der Waals surface area contributed by atoms with Crippen LogP contribution in [0, 0.1) is 10.1 Å². The number of aryl methyl sites for hydroxylation is 1. The van der Waals surface area contributed by atoms with Gasteiger partial charge in [-0.3, -0.25) is 14.9 Å². The molecule has 0 atom stereocenters. The van der Waals surface area contributed by atoms with E-state index >= 15 is 0 Å². The smallest absolute Gasteiger partial charge is 0.270 e. The van der Waals surface area contributed by atoms with Gasteiger partial charge in [-0.15, -0.1) is 0 Å². The van der Waals surface area contributed by atoms with Gasteiger partial charge in [-0.2, -0.15) is 0 Å². The summed E-state index contributed by atoms with van der Waals surface area (Å²) >= 11 is 0. The minimum absolute atomic E-state index is 0.104. The highest BCUT2D eigenvalue weighted by molar-refractivity contribution is 5.97. The third-order valence-electron chi connectivity index (χ3n) is 2.41. The molecule has 1 rings (SSSR count). The number of hydrogen-bond acceptors (Lipinski definition) is 3. The minimum Gasteiger partial charge on any atom is -0.294 e. The van der Waals surface area contributed by atoms with E-state index < -0.39 is 28.4 Å². The Morgan fingerprint density at radius 1 is 1.47 bits per heavy atom. The van der Waals surface area contributed by atoms with Crippen molar-refractivity contribution in [3.05, 3.63) is 38.9 Å². The molecule has 0 saturated carbocycles. The van der Waals surface area contributed by atoms with Gasteiger partial charge in [0.15, 0.2) is 5.78 Å². The Kier molecular flexibility index (Phi) is 3.88. The Balaban J connectivity index is 3.57. The molecule has 0 aromatic heterocycles. The molecule has 0 fully saturated rings. The Bertz CT molecular complexity index is 472. The van der Waals surface area contributed by atoms with Gasteiger partial charge in [-0.25, -0.2) is 8.78 Å². The number of hydrogen-bond donors (Lipinski definition) is 0. The molecule has 0 aliphatic carbocycles. The van der Waals surface area contributed by atoms with Gasteiger partial charge in [0.05, 0.1) is 4.92 Å². The highest BCUT2D eigenvalue weighted by Crippen LogP contribution is 2.30. The van der Waals surface area contributed by atoms with Crippen molar-refractivity contribution in [3.8, 4) is 0 Å². The average molecular weight is 243 g/mol. The quantitative estimate of drug-likeness (QED) is 0.463. The van der Waals surface area contributed by atoms with Gasteiger partial charge >= 0.3 is 0 Å². The summed E-state index contributed by atoms with van der Waals surface area (Å²) in [5.41, 5.74) is -0.805. The van der Waals surface area contributed by atoms with Crippen LogP contribution in [0.15, 0.2) is 12.1 Å². The zero-order valence-electron chi connectivity index (χ0n) is 9.37. The van der Waals surface area contributed by atoms with Crippen molar-refractivity contribution in [2.24, 2.45) is 0 Å². The number of rotatable bonds is 4. The average Bonchev–Trinajstić information content (AvgIpc) is 2.26. The lowest BCUT2D eigenvalue weighted by Gasteiger charge is -2.10. The van der Waals surface area contributed by atoms with Crippen LogP contribution >= 0.6 is 0 Å². The van der Waals surface area contributed by atoms with Crippen LogP contribution in [0.5, 0.6) is 0 Å².